The van der Waals surface area contributed by atoms with Gasteiger partial charge in [-0.15, -0.1) is 0 Å². The molecule has 2 aromatic rings. The third-order valence-corrected chi connectivity index (χ3v) is 3.05. The Morgan fingerprint density at radius 1 is 1.00 bits per heavy atom. The van der Waals surface area contributed by atoms with Crippen molar-refractivity contribution in [2.24, 2.45) is 0 Å². The molecule has 0 spiro atoms. The Morgan fingerprint density at radius 3 is 2.57 bits per heavy atom. The largest absolute Gasteiger partial charge is 0.489 e. The van der Waals surface area contributed by atoms with Gasteiger partial charge in [0.1, 0.15) is 25.2 Å². The number of aldehydes is 1. The number of hydrogen-bond acceptors (Lipinski definition) is 4. The molecule has 1 N–H and O–H groups in total. The Balaban J connectivity index is 1.80. The van der Waals surface area contributed by atoms with Crippen molar-refractivity contribution in [1.29, 1.82) is 0 Å². The fraction of sp³-hybridized carbons (Fsp3) is 0.222. The first-order valence-corrected chi connectivity index (χ1v) is 7.38. The summed E-state index contributed by atoms with van der Waals surface area (Å²) in [4.78, 5) is 21.6. The van der Waals surface area contributed by atoms with E-state index in [0.717, 1.165) is 23.2 Å². The maximum Gasteiger partial charge on any atom is 0.407 e. The van der Waals surface area contributed by atoms with Crippen LogP contribution in [0.5, 0.6) is 5.75 Å². The smallest absolute Gasteiger partial charge is 0.407 e. The van der Waals surface area contributed by atoms with Gasteiger partial charge in [0.25, 0.3) is 0 Å². The van der Waals surface area contributed by atoms with Crippen molar-refractivity contribution in [1.82, 2.24) is 5.32 Å². The average Bonchev–Trinajstić information content (AvgIpc) is 2.60. The number of rotatable bonds is 8. The summed E-state index contributed by atoms with van der Waals surface area (Å²) in [6.45, 7) is 0.912. The van der Waals surface area contributed by atoms with E-state index >= 15 is 0 Å². The van der Waals surface area contributed by atoms with E-state index in [4.69, 9.17) is 9.47 Å². The van der Waals surface area contributed by atoms with Crippen LogP contribution in [0.4, 0.5) is 4.79 Å². The number of benzene rings is 2. The van der Waals surface area contributed by atoms with Gasteiger partial charge in [0.15, 0.2) is 0 Å². The van der Waals surface area contributed by atoms with Gasteiger partial charge >= 0.3 is 6.09 Å². The van der Waals surface area contributed by atoms with Crippen molar-refractivity contribution in [2.75, 3.05) is 6.54 Å². The van der Waals surface area contributed by atoms with Gasteiger partial charge in [-0.2, -0.15) is 0 Å². The van der Waals surface area contributed by atoms with E-state index in [9.17, 15) is 9.59 Å². The Labute approximate surface area is 135 Å². The molecule has 0 bridgehead atoms. The molecule has 1 amide bonds. The van der Waals surface area contributed by atoms with E-state index in [1.54, 1.807) is 0 Å². The van der Waals surface area contributed by atoms with Crippen LogP contribution >= 0.6 is 0 Å². The van der Waals surface area contributed by atoms with Crippen molar-refractivity contribution in [3.63, 3.8) is 0 Å². The minimum absolute atomic E-state index is 0.148. The molecule has 0 saturated heterocycles. The number of carbonyl (C=O) groups excluding carboxylic acids is 2. The van der Waals surface area contributed by atoms with Gasteiger partial charge in [-0.25, -0.2) is 4.79 Å². The van der Waals surface area contributed by atoms with Crippen LogP contribution in [0.15, 0.2) is 54.6 Å². The van der Waals surface area contributed by atoms with Gasteiger partial charge in [0, 0.05) is 13.0 Å². The molecule has 0 heterocycles. The summed E-state index contributed by atoms with van der Waals surface area (Å²) in [5.74, 6) is 0.719. The second kappa shape index (κ2) is 9.25. The third-order valence-electron chi connectivity index (χ3n) is 3.05. The van der Waals surface area contributed by atoms with Crippen molar-refractivity contribution in [3.8, 4) is 5.75 Å². The van der Waals surface area contributed by atoms with Crippen molar-refractivity contribution in [3.05, 3.63) is 65.7 Å². The maximum absolute atomic E-state index is 11.4. The molecule has 23 heavy (non-hydrogen) atoms. The van der Waals surface area contributed by atoms with E-state index < -0.39 is 6.09 Å². The molecule has 0 saturated carbocycles. The lowest BCUT2D eigenvalue weighted by Crippen LogP contribution is -2.25. The number of carbonyl (C=O) groups is 2. The number of amides is 1. The Kier molecular flexibility index (Phi) is 6.65. The third kappa shape index (κ3) is 6.22. The van der Waals surface area contributed by atoms with Gasteiger partial charge in [-0.1, -0.05) is 42.5 Å². The average molecular weight is 313 g/mol. The lowest BCUT2D eigenvalue weighted by molar-refractivity contribution is -0.107. The molecule has 5 nitrogen and oxygen atoms in total. The van der Waals surface area contributed by atoms with E-state index in [1.807, 2.05) is 54.6 Å². The summed E-state index contributed by atoms with van der Waals surface area (Å²) in [5, 5.41) is 2.49. The zero-order valence-corrected chi connectivity index (χ0v) is 12.7. The molecule has 2 rings (SSSR count). The quantitative estimate of drug-likeness (QED) is 0.601. The highest BCUT2D eigenvalue weighted by atomic mass is 16.5. The molecule has 120 valence electrons. The van der Waals surface area contributed by atoms with Gasteiger partial charge < -0.3 is 19.6 Å². The first-order valence-electron chi connectivity index (χ1n) is 7.38. The normalized spacial score (nSPS) is 9.91. The molecule has 0 radical (unpaired) electrons. The van der Waals surface area contributed by atoms with Crippen LogP contribution in [-0.2, 0) is 22.7 Å². The molecule has 0 aromatic heterocycles. The van der Waals surface area contributed by atoms with Crippen LogP contribution in [0.1, 0.15) is 17.5 Å². The lowest BCUT2D eigenvalue weighted by Gasteiger charge is -2.09. The van der Waals surface area contributed by atoms with Gasteiger partial charge in [-0.3, -0.25) is 0 Å². The first-order chi connectivity index (χ1) is 11.3. The second-order valence-electron chi connectivity index (χ2n) is 4.88. The monoisotopic (exact) mass is 313 g/mol. The van der Waals surface area contributed by atoms with Gasteiger partial charge in [0.05, 0.1) is 0 Å². The summed E-state index contributed by atoms with van der Waals surface area (Å²) in [6, 6.07) is 17.3. The predicted octanol–water partition coefficient (Wildman–Crippen LogP) is 3.08. The highest BCUT2D eigenvalue weighted by Crippen LogP contribution is 2.16. The van der Waals surface area contributed by atoms with Crippen LogP contribution in [0.25, 0.3) is 0 Å². The van der Waals surface area contributed by atoms with E-state index in [0.29, 0.717) is 6.61 Å². The summed E-state index contributed by atoms with van der Waals surface area (Å²) < 4.78 is 10.8. The molecule has 0 aliphatic carbocycles. The molecule has 5 heteroatoms. The highest BCUT2D eigenvalue weighted by Gasteiger charge is 2.03. The summed E-state index contributed by atoms with van der Waals surface area (Å²) >= 11 is 0. The lowest BCUT2D eigenvalue weighted by atomic mass is 10.2. The minimum Gasteiger partial charge on any atom is -0.489 e. The Hall–Kier alpha value is -2.82. The number of ether oxygens (including phenoxy) is 2. The molecule has 0 atom stereocenters. The summed E-state index contributed by atoms with van der Waals surface area (Å²) in [6.07, 6.45) is 0.480. The van der Waals surface area contributed by atoms with Gasteiger partial charge in [-0.05, 0) is 23.3 Å². The van der Waals surface area contributed by atoms with Gasteiger partial charge in [0.2, 0.25) is 0 Å². The van der Waals surface area contributed by atoms with Crippen LogP contribution in [0, 0.1) is 0 Å². The number of alkyl carbamates (subject to hydrolysis) is 1. The van der Waals surface area contributed by atoms with Crippen molar-refractivity contribution < 1.29 is 19.1 Å². The van der Waals surface area contributed by atoms with E-state index in [1.165, 1.54) is 0 Å². The molecule has 0 fully saturated rings. The fourth-order valence-electron chi connectivity index (χ4n) is 1.90. The first kappa shape index (κ1) is 16.5. The highest BCUT2D eigenvalue weighted by molar-refractivity contribution is 5.67. The number of nitrogens with one attached hydrogen (secondary N) is 1. The van der Waals surface area contributed by atoms with Crippen LogP contribution in [0.3, 0.4) is 0 Å². The van der Waals surface area contributed by atoms with Crippen LogP contribution in [0.2, 0.25) is 0 Å². The second-order valence-corrected chi connectivity index (χ2v) is 4.88. The SMILES string of the molecule is O=CCCNC(=O)OCc1cccc(OCc2ccccc2)c1. The molecular weight excluding hydrogens is 294 g/mol. The topological polar surface area (TPSA) is 64.6 Å². The molecule has 0 aliphatic heterocycles. The molecule has 2 aromatic carbocycles. The summed E-state index contributed by atoms with van der Waals surface area (Å²) in [7, 11) is 0. The zero-order valence-electron chi connectivity index (χ0n) is 12.7. The maximum atomic E-state index is 11.4. The number of hydrogen-bond donors (Lipinski definition) is 1. The molecule has 0 unspecified atom stereocenters. The Morgan fingerprint density at radius 2 is 1.78 bits per heavy atom. The van der Waals surface area contributed by atoms with E-state index in [2.05, 4.69) is 5.32 Å². The standard InChI is InChI=1S/C18H19NO4/c20-11-5-10-19-18(21)23-14-16-8-4-9-17(12-16)22-13-15-6-2-1-3-7-15/h1-4,6-9,11-12H,5,10,13-14H2,(H,19,21). The van der Waals surface area contributed by atoms with Crippen molar-refractivity contribution in [2.45, 2.75) is 19.6 Å². The van der Waals surface area contributed by atoms with Crippen LogP contribution < -0.4 is 10.1 Å². The molecular formula is C18H19NO4. The summed E-state index contributed by atoms with van der Waals surface area (Å²) in [5.41, 5.74) is 1.92. The predicted molar refractivity (Wildman–Crippen MR) is 86.1 cm³/mol. The fourth-order valence-corrected chi connectivity index (χ4v) is 1.90. The van der Waals surface area contributed by atoms with Crippen molar-refractivity contribution >= 4 is 12.4 Å². The van der Waals surface area contributed by atoms with E-state index in [-0.39, 0.29) is 19.6 Å². The zero-order chi connectivity index (χ0) is 16.3. The molecule has 0 aliphatic rings. The van der Waals surface area contributed by atoms with Crippen LogP contribution in [-0.4, -0.2) is 18.9 Å². The Bertz CT molecular complexity index is 628. The minimum atomic E-state index is -0.539.